The lowest BCUT2D eigenvalue weighted by Gasteiger charge is -2.32. The average Bonchev–Trinajstić information content (AvgIpc) is 3.29. The minimum absolute atomic E-state index is 0.364. The van der Waals surface area contributed by atoms with Gasteiger partial charge in [-0.1, -0.05) is 134 Å². The lowest BCUT2D eigenvalue weighted by molar-refractivity contribution is 0.363. The zero-order chi connectivity index (χ0) is 26.0. The largest absolute Gasteiger partial charge is 0.489 e. The maximum atomic E-state index is 6.32. The Balaban J connectivity index is 1.70. The van der Waals surface area contributed by atoms with E-state index in [1.807, 2.05) is 6.08 Å². The molecular weight excluding hydrogens is 483 g/mol. The summed E-state index contributed by atoms with van der Waals surface area (Å²) in [5.74, 6) is 1.05. The topological polar surface area (TPSA) is 9.23 Å². The van der Waals surface area contributed by atoms with Crippen molar-refractivity contribution in [3.05, 3.63) is 138 Å². The monoisotopic (exact) mass is 518 g/mol. The lowest BCUT2D eigenvalue weighted by atomic mass is 10.1. The van der Waals surface area contributed by atoms with Crippen LogP contribution in [-0.4, -0.2) is 14.7 Å². The Hall–Kier alpha value is -3.19. The summed E-state index contributed by atoms with van der Waals surface area (Å²) in [6.07, 6.45) is 4.46. The van der Waals surface area contributed by atoms with E-state index in [9.17, 15) is 0 Å². The number of benzene rings is 4. The first-order valence-corrected chi connectivity index (χ1v) is 17.4. The van der Waals surface area contributed by atoms with Crippen LogP contribution in [0.15, 0.2) is 116 Å². The zero-order valence-corrected chi connectivity index (χ0v) is 24.1. The van der Waals surface area contributed by atoms with Gasteiger partial charge in [-0.15, -0.1) is 0 Å². The van der Waals surface area contributed by atoms with Gasteiger partial charge in [0.2, 0.25) is 0 Å². The minimum atomic E-state index is -2.07. The van der Waals surface area contributed by atoms with Crippen LogP contribution in [0.25, 0.3) is 5.31 Å². The highest BCUT2D eigenvalue weighted by molar-refractivity contribution is 7.82. The molecule has 0 amide bonds. The second-order valence-electron chi connectivity index (χ2n) is 10.4. The maximum absolute atomic E-state index is 6.32. The van der Waals surface area contributed by atoms with Gasteiger partial charge in [0.1, 0.15) is 12.4 Å². The summed E-state index contributed by atoms with van der Waals surface area (Å²) in [5, 5.41) is 5.66. The van der Waals surface area contributed by atoms with Crippen LogP contribution >= 0.6 is 7.92 Å². The second-order valence-corrected chi connectivity index (χ2v) is 17.2. The molecule has 5 rings (SSSR count). The summed E-state index contributed by atoms with van der Waals surface area (Å²) in [5.41, 5.74) is 5.74. The molecule has 186 valence electrons. The van der Waals surface area contributed by atoms with Crippen LogP contribution in [0.3, 0.4) is 0 Å². The standard InChI is InChI=1S/C34H35OPSi/c1-6-21-35-34-26(3)22-25(2)23-33(34)37(4,5)32-24-31(29-19-13-14-20-30(29)32)36(27-15-9-7-10-16-27)28-17-11-8-12-18-28/h6-20,22-24,32H,1,21H2,2-5H3. The van der Waals surface area contributed by atoms with Crippen molar-refractivity contribution in [1.82, 2.24) is 0 Å². The van der Waals surface area contributed by atoms with Crippen molar-refractivity contribution in [3.63, 3.8) is 0 Å². The number of rotatable bonds is 8. The highest BCUT2D eigenvalue weighted by Crippen LogP contribution is 2.56. The zero-order valence-electron chi connectivity index (χ0n) is 22.2. The smallest absolute Gasteiger partial charge is 0.121 e. The van der Waals surface area contributed by atoms with Gasteiger partial charge in [-0.2, -0.15) is 0 Å². The number of fused-ring (bicyclic) bond motifs is 1. The molecule has 0 aliphatic heterocycles. The molecule has 1 nitrogen and oxygen atoms in total. The van der Waals surface area contributed by atoms with E-state index in [2.05, 4.69) is 137 Å². The predicted molar refractivity (Wildman–Crippen MR) is 165 cm³/mol. The Morgan fingerprint density at radius 3 is 2.05 bits per heavy atom. The van der Waals surface area contributed by atoms with Gasteiger partial charge in [0, 0.05) is 5.54 Å². The molecule has 3 heteroatoms. The Labute approximate surface area is 224 Å². The van der Waals surface area contributed by atoms with Crippen molar-refractivity contribution in [2.75, 3.05) is 6.61 Å². The van der Waals surface area contributed by atoms with Crippen molar-refractivity contribution >= 4 is 37.1 Å². The predicted octanol–water partition coefficient (Wildman–Crippen LogP) is 7.59. The molecule has 0 fully saturated rings. The van der Waals surface area contributed by atoms with Crippen LogP contribution < -0.4 is 20.5 Å². The van der Waals surface area contributed by atoms with Crippen LogP contribution in [-0.2, 0) is 0 Å². The molecule has 0 saturated heterocycles. The fourth-order valence-electron chi connectivity index (χ4n) is 5.65. The van der Waals surface area contributed by atoms with Gasteiger partial charge in [0.05, 0.1) is 8.07 Å². The van der Waals surface area contributed by atoms with Crippen LogP contribution in [0.5, 0.6) is 5.75 Å². The van der Waals surface area contributed by atoms with Gasteiger partial charge in [0.25, 0.3) is 0 Å². The molecule has 1 unspecified atom stereocenters. The molecule has 0 bridgehead atoms. The summed E-state index contributed by atoms with van der Waals surface area (Å²) in [6.45, 7) is 13.8. The fraction of sp³-hybridized carbons (Fsp3) is 0.176. The molecule has 0 heterocycles. The maximum Gasteiger partial charge on any atom is 0.121 e. The third-order valence-corrected chi connectivity index (χ3v) is 13.7. The Morgan fingerprint density at radius 2 is 1.43 bits per heavy atom. The number of allylic oxidation sites excluding steroid dienone is 1. The summed E-state index contributed by atoms with van der Waals surface area (Å²) in [6, 6.07) is 35.8. The first-order valence-electron chi connectivity index (χ1n) is 13.0. The summed E-state index contributed by atoms with van der Waals surface area (Å²) >= 11 is 0. The molecule has 1 aliphatic carbocycles. The molecule has 37 heavy (non-hydrogen) atoms. The second kappa shape index (κ2) is 10.7. The molecule has 0 radical (unpaired) electrons. The lowest BCUT2D eigenvalue weighted by Crippen LogP contribution is -2.48. The first-order chi connectivity index (χ1) is 17.9. The van der Waals surface area contributed by atoms with Crippen LogP contribution in [0.1, 0.15) is 27.8 Å². The molecule has 4 aromatic rings. The quantitative estimate of drug-likeness (QED) is 0.133. The van der Waals surface area contributed by atoms with E-state index in [4.69, 9.17) is 4.74 Å². The molecule has 0 aromatic heterocycles. The molecule has 0 saturated carbocycles. The van der Waals surface area contributed by atoms with E-state index in [0.29, 0.717) is 12.1 Å². The highest BCUT2D eigenvalue weighted by Gasteiger charge is 2.42. The van der Waals surface area contributed by atoms with Gasteiger partial charge in [-0.3, -0.25) is 0 Å². The summed E-state index contributed by atoms with van der Waals surface area (Å²) in [7, 11) is -2.74. The van der Waals surface area contributed by atoms with Gasteiger partial charge < -0.3 is 4.74 Å². The molecule has 0 N–H and O–H groups in total. The fourth-order valence-corrected chi connectivity index (χ4v) is 11.7. The van der Waals surface area contributed by atoms with Crippen molar-refractivity contribution in [2.24, 2.45) is 0 Å². The first kappa shape index (κ1) is 25.5. The Kier molecular flexibility index (Phi) is 7.33. The normalized spacial score (nSPS) is 14.8. The van der Waals surface area contributed by atoms with Crippen molar-refractivity contribution in [1.29, 1.82) is 0 Å². The molecule has 1 atom stereocenters. The van der Waals surface area contributed by atoms with Gasteiger partial charge in [-0.05, 0) is 59.6 Å². The highest BCUT2D eigenvalue weighted by atomic mass is 31.1. The Morgan fingerprint density at radius 1 is 0.838 bits per heavy atom. The van der Waals surface area contributed by atoms with Crippen molar-refractivity contribution in [2.45, 2.75) is 32.5 Å². The number of aryl methyl sites for hydroxylation is 2. The third kappa shape index (κ3) is 4.89. The summed E-state index contributed by atoms with van der Waals surface area (Å²) in [4.78, 5) is 0. The van der Waals surface area contributed by atoms with E-state index in [0.717, 1.165) is 5.75 Å². The average molecular weight is 519 g/mol. The van der Waals surface area contributed by atoms with E-state index in [1.54, 1.807) is 0 Å². The van der Waals surface area contributed by atoms with Crippen LogP contribution in [0.4, 0.5) is 0 Å². The molecule has 1 aliphatic rings. The van der Waals surface area contributed by atoms with Gasteiger partial charge in [0.15, 0.2) is 0 Å². The summed E-state index contributed by atoms with van der Waals surface area (Å²) < 4.78 is 6.32. The van der Waals surface area contributed by atoms with E-state index < -0.39 is 16.0 Å². The number of hydrogen-bond acceptors (Lipinski definition) is 1. The molecule has 0 spiro atoms. The molecular formula is C34H35OPSi. The van der Waals surface area contributed by atoms with E-state index in [1.165, 1.54) is 43.4 Å². The minimum Gasteiger partial charge on any atom is -0.489 e. The van der Waals surface area contributed by atoms with E-state index >= 15 is 0 Å². The van der Waals surface area contributed by atoms with Crippen molar-refractivity contribution < 1.29 is 4.74 Å². The van der Waals surface area contributed by atoms with Crippen molar-refractivity contribution in [3.8, 4) is 5.75 Å². The molecule has 4 aromatic carbocycles. The van der Waals surface area contributed by atoms with Crippen LogP contribution in [0.2, 0.25) is 13.1 Å². The SMILES string of the molecule is C=CCOc1c(C)cc(C)cc1[Si](C)(C)C1C=C(P(c2ccccc2)c2ccccc2)c2ccccc21. The number of hydrogen-bond donors (Lipinski definition) is 0. The Bertz CT molecular complexity index is 1400. The van der Waals surface area contributed by atoms with Gasteiger partial charge >= 0.3 is 0 Å². The third-order valence-electron chi connectivity index (χ3n) is 7.40. The number of ether oxygens (including phenoxy) is 1. The van der Waals surface area contributed by atoms with Gasteiger partial charge in [-0.25, -0.2) is 0 Å². The van der Waals surface area contributed by atoms with Crippen LogP contribution in [0, 0.1) is 13.8 Å². The van der Waals surface area contributed by atoms with E-state index in [-0.39, 0.29) is 0 Å².